The molecule has 16 heavy (non-hydrogen) atoms. The van der Waals surface area contributed by atoms with Crippen molar-refractivity contribution in [3.63, 3.8) is 0 Å². The van der Waals surface area contributed by atoms with Gasteiger partial charge in [-0.25, -0.2) is 4.98 Å². The van der Waals surface area contributed by atoms with E-state index in [9.17, 15) is 0 Å². The zero-order chi connectivity index (χ0) is 11.4. The van der Waals surface area contributed by atoms with E-state index < -0.39 is 0 Å². The van der Waals surface area contributed by atoms with E-state index in [0.29, 0.717) is 6.04 Å². The summed E-state index contributed by atoms with van der Waals surface area (Å²) >= 11 is 0. The van der Waals surface area contributed by atoms with Gasteiger partial charge in [-0.05, 0) is 26.3 Å². The molecule has 0 spiro atoms. The molecule has 0 radical (unpaired) electrons. The fourth-order valence-corrected chi connectivity index (χ4v) is 2.25. The van der Waals surface area contributed by atoms with Gasteiger partial charge in [0.2, 0.25) is 5.89 Å². The monoisotopic (exact) mass is 223 g/mol. The van der Waals surface area contributed by atoms with Gasteiger partial charge in [0.05, 0.1) is 12.7 Å². The Bertz CT molecular complexity index is 316. The Morgan fingerprint density at radius 1 is 1.50 bits per heavy atom. The lowest BCUT2D eigenvalue weighted by molar-refractivity contribution is 0.176. The summed E-state index contributed by atoms with van der Waals surface area (Å²) in [5.74, 6) is 1.75. The molecule has 1 N–H and O–H groups in total. The van der Waals surface area contributed by atoms with Gasteiger partial charge in [-0.15, -0.1) is 0 Å². The SMILES string of the molecule is CCNC1CCN(Cc2ncc(C)o2)CC1. The zero-order valence-corrected chi connectivity index (χ0v) is 10.2. The van der Waals surface area contributed by atoms with Gasteiger partial charge in [0.15, 0.2) is 0 Å². The lowest BCUT2D eigenvalue weighted by atomic mass is 10.1. The third kappa shape index (κ3) is 3.06. The van der Waals surface area contributed by atoms with E-state index >= 15 is 0 Å². The summed E-state index contributed by atoms with van der Waals surface area (Å²) in [5, 5.41) is 3.51. The van der Waals surface area contributed by atoms with Crippen LogP contribution in [0.5, 0.6) is 0 Å². The van der Waals surface area contributed by atoms with Crippen molar-refractivity contribution < 1.29 is 4.42 Å². The van der Waals surface area contributed by atoms with Crippen molar-refractivity contribution in [3.8, 4) is 0 Å². The highest BCUT2D eigenvalue weighted by Gasteiger charge is 2.19. The van der Waals surface area contributed by atoms with Crippen LogP contribution in [0.2, 0.25) is 0 Å². The van der Waals surface area contributed by atoms with Crippen LogP contribution in [0.1, 0.15) is 31.4 Å². The minimum Gasteiger partial charge on any atom is -0.445 e. The molecule has 1 aliphatic rings. The molecule has 0 unspecified atom stereocenters. The molecule has 0 bridgehead atoms. The number of nitrogens with zero attached hydrogens (tertiary/aromatic N) is 2. The second-order valence-electron chi connectivity index (χ2n) is 4.47. The topological polar surface area (TPSA) is 41.3 Å². The van der Waals surface area contributed by atoms with Crippen LogP contribution in [0, 0.1) is 6.92 Å². The molecule has 2 rings (SSSR count). The minimum atomic E-state index is 0.701. The van der Waals surface area contributed by atoms with Crippen molar-refractivity contribution in [3.05, 3.63) is 17.8 Å². The van der Waals surface area contributed by atoms with Crippen LogP contribution in [-0.2, 0) is 6.54 Å². The summed E-state index contributed by atoms with van der Waals surface area (Å²) in [6.45, 7) is 8.31. The van der Waals surface area contributed by atoms with Crippen molar-refractivity contribution in [1.82, 2.24) is 15.2 Å². The molecule has 90 valence electrons. The van der Waals surface area contributed by atoms with Crippen LogP contribution in [-0.4, -0.2) is 35.6 Å². The van der Waals surface area contributed by atoms with Gasteiger partial charge >= 0.3 is 0 Å². The van der Waals surface area contributed by atoms with Gasteiger partial charge in [-0.3, -0.25) is 4.90 Å². The van der Waals surface area contributed by atoms with Crippen LogP contribution in [0.4, 0.5) is 0 Å². The first-order valence-electron chi connectivity index (χ1n) is 6.15. The molecule has 1 aliphatic heterocycles. The van der Waals surface area contributed by atoms with Gasteiger partial charge in [-0.1, -0.05) is 6.92 Å². The molecule has 0 saturated carbocycles. The standard InChI is InChI=1S/C12H21N3O/c1-3-13-11-4-6-15(7-5-11)9-12-14-8-10(2)16-12/h8,11,13H,3-7,9H2,1-2H3. The lowest BCUT2D eigenvalue weighted by Gasteiger charge is -2.31. The van der Waals surface area contributed by atoms with Gasteiger partial charge in [0.25, 0.3) is 0 Å². The summed E-state index contributed by atoms with van der Waals surface area (Å²) in [5.41, 5.74) is 0. The molecule has 0 aromatic carbocycles. The minimum absolute atomic E-state index is 0.701. The number of likely N-dealkylation sites (tertiary alicyclic amines) is 1. The Labute approximate surface area is 97.0 Å². The molecule has 1 aromatic heterocycles. The normalized spacial score (nSPS) is 19.1. The molecule has 0 atom stereocenters. The number of piperidine rings is 1. The molecule has 4 nitrogen and oxygen atoms in total. The van der Waals surface area contributed by atoms with E-state index in [4.69, 9.17) is 4.42 Å². The maximum Gasteiger partial charge on any atom is 0.208 e. The molecule has 2 heterocycles. The maximum absolute atomic E-state index is 5.49. The predicted octanol–water partition coefficient (Wildman–Crippen LogP) is 1.56. The van der Waals surface area contributed by atoms with Gasteiger partial charge in [0.1, 0.15) is 5.76 Å². The van der Waals surface area contributed by atoms with Crippen LogP contribution >= 0.6 is 0 Å². The average Bonchev–Trinajstić information content (AvgIpc) is 2.67. The molecular formula is C12H21N3O. The molecular weight excluding hydrogens is 202 g/mol. The van der Waals surface area contributed by atoms with E-state index in [-0.39, 0.29) is 0 Å². The van der Waals surface area contributed by atoms with Crippen LogP contribution in [0.15, 0.2) is 10.6 Å². The smallest absolute Gasteiger partial charge is 0.208 e. The molecule has 1 aromatic rings. The molecule has 1 fully saturated rings. The highest BCUT2D eigenvalue weighted by molar-refractivity contribution is 4.91. The number of aromatic nitrogens is 1. The van der Waals surface area contributed by atoms with E-state index in [0.717, 1.165) is 37.8 Å². The van der Waals surface area contributed by atoms with Crippen molar-refractivity contribution in [2.24, 2.45) is 0 Å². The van der Waals surface area contributed by atoms with Crippen molar-refractivity contribution in [2.75, 3.05) is 19.6 Å². The highest BCUT2D eigenvalue weighted by Crippen LogP contribution is 2.13. The number of oxazole rings is 1. The van der Waals surface area contributed by atoms with Crippen LogP contribution < -0.4 is 5.32 Å². The third-order valence-corrected chi connectivity index (χ3v) is 3.11. The largest absolute Gasteiger partial charge is 0.445 e. The maximum atomic E-state index is 5.49. The highest BCUT2D eigenvalue weighted by atomic mass is 16.4. The Kier molecular flexibility index (Phi) is 3.96. The van der Waals surface area contributed by atoms with E-state index in [2.05, 4.69) is 22.1 Å². The fraction of sp³-hybridized carbons (Fsp3) is 0.750. The first kappa shape index (κ1) is 11.6. The van der Waals surface area contributed by atoms with Crippen LogP contribution in [0.25, 0.3) is 0 Å². The Morgan fingerprint density at radius 3 is 2.81 bits per heavy atom. The number of aryl methyl sites for hydroxylation is 1. The number of nitrogens with one attached hydrogen (secondary N) is 1. The summed E-state index contributed by atoms with van der Waals surface area (Å²) in [7, 11) is 0. The second kappa shape index (κ2) is 5.46. The van der Waals surface area contributed by atoms with E-state index in [1.165, 1.54) is 12.8 Å². The average molecular weight is 223 g/mol. The Hall–Kier alpha value is -0.870. The fourth-order valence-electron chi connectivity index (χ4n) is 2.25. The summed E-state index contributed by atoms with van der Waals surface area (Å²) in [4.78, 5) is 6.66. The Morgan fingerprint density at radius 2 is 2.25 bits per heavy atom. The zero-order valence-electron chi connectivity index (χ0n) is 10.2. The van der Waals surface area contributed by atoms with Gasteiger partial charge in [-0.2, -0.15) is 0 Å². The van der Waals surface area contributed by atoms with Gasteiger partial charge in [0, 0.05) is 19.1 Å². The van der Waals surface area contributed by atoms with Gasteiger partial charge < -0.3 is 9.73 Å². The van der Waals surface area contributed by atoms with Crippen molar-refractivity contribution in [2.45, 2.75) is 39.3 Å². The number of hydrogen-bond donors (Lipinski definition) is 1. The molecule has 0 aliphatic carbocycles. The Balaban J connectivity index is 1.77. The summed E-state index contributed by atoms with van der Waals surface area (Å²) in [6, 6.07) is 0.701. The van der Waals surface area contributed by atoms with Crippen molar-refractivity contribution >= 4 is 0 Å². The third-order valence-electron chi connectivity index (χ3n) is 3.11. The molecule has 4 heteroatoms. The second-order valence-corrected chi connectivity index (χ2v) is 4.47. The van der Waals surface area contributed by atoms with Crippen LogP contribution in [0.3, 0.4) is 0 Å². The molecule has 0 amide bonds. The number of rotatable bonds is 4. The first-order chi connectivity index (χ1) is 7.78. The molecule has 1 saturated heterocycles. The van der Waals surface area contributed by atoms with Crippen molar-refractivity contribution in [1.29, 1.82) is 0 Å². The van der Waals surface area contributed by atoms with E-state index in [1.807, 2.05) is 6.92 Å². The summed E-state index contributed by atoms with van der Waals surface area (Å²) < 4.78 is 5.49. The predicted molar refractivity (Wildman–Crippen MR) is 63.2 cm³/mol. The lowest BCUT2D eigenvalue weighted by Crippen LogP contribution is -2.42. The summed E-state index contributed by atoms with van der Waals surface area (Å²) in [6.07, 6.45) is 4.25. The first-order valence-corrected chi connectivity index (χ1v) is 6.15. The quantitative estimate of drug-likeness (QED) is 0.841. The van der Waals surface area contributed by atoms with E-state index in [1.54, 1.807) is 6.20 Å². The number of hydrogen-bond acceptors (Lipinski definition) is 4.